The first-order chi connectivity index (χ1) is 8.19. The number of carbonyl (C=O) groups excluding carboxylic acids is 1. The summed E-state index contributed by atoms with van der Waals surface area (Å²) in [4.78, 5) is 14.0. The van der Waals surface area contributed by atoms with E-state index in [0.29, 0.717) is 10.6 Å². The molecular weight excluding hydrogens is 242 g/mol. The molecule has 0 unspecified atom stereocenters. The Morgan fingerprint density at radius 2 is 2.41 bits per heavy atom. The molecule has 0 fully saturated rings. The molecule has 0 radical (unpaired) electrons. The van der Waals surface area contributed by atoms with Crippen molar-refractivity contribution in [1.82, 2.24) is 0 Å². The van der Waals surface area contributed by atoms with Gasteiger partial charge in [0, 0.05) is 11.5 Å². The van der Waals surface area contributed by atoms with E-state index < -0.39 is 5.97 Å². The van der Waals surface area contributed by atoms with Crippen molar-refractivity contribution in [2.45, 2.75) is 0 Å². The fourth-order valence-electron chi connectivity index (χ4n) is 1.19. The summed E-state index contributed by atoms with van der Waals surface area (Å²) in [6.45, 7) is 0.257. The third-order valence-corrected chi connectivity index (χ3v) is 2.29. The van der Waals surface area contributed by atoms with Crippen molar-refractivity contribution < 1.29 is 9.53 Å². The summed E-state index contributed by atoms with van der Waals surface area (Å²) in [5, 5.41) is 3.69. The number of ether oxygens (including phenoxy) is 1. The van der Waals surface area contributed by atoms with Gasteiger partial charge in [-0.1, -0.05) is 34.9 Å². The minimum absolute atomic E-state index is 0.257. The number of methoxy groups -OCH3 is 1. The van der Waals surface area contributed by atoms with Gasteiger partial charge in [-0.15, -0.1) is 0 Å². The van der Waals surface area contributed by atoms with Crippen LogP contribution in [0.2, 0.25) is 5.02 Å². The van der Waals surface area contributed by atoms with Crippen LogP contribution in [0.4, 0.5) is 0 Å². The zero-order chi connectivity index (χ0) is 12.7. The number of hydrogen-bond donors (Lipinski definition) is 0. The molecule has 0 bridgehead atoms. The van der Waals surface area contributed by atoms with Crippen LogP contribution in [0.25, 0.3) is 16.5 Å². The second kappa shape index (κ2) is 6.58. The van der Waals surface area contributed by atoms with Gasteiger partial charge in [-0.25, -0.2) is 4.79 Å². The van der Waals surface area contributed by atoms with Crippen LogP contribution >= 0.6 is 11.6 Å². The summed E-state index contributed by atoms with van der Waals surface area (Å²) in [6.07, 6.45) is 3.42. The normalized spacial score (nSPS) is 10.0. The van der Waals surface area contributed by atoms with Crippen molar-refractivity contribution in [3.8, 4) is 0 Å². The van der Waals surface area contributed by atoms with E-state index in [0.717, 1.165) is 5.56 Å². The lowest BCUT2D eigenvalue weighted by Crippen LogP contribution is -2.02. The summed E-state index contributed by atoms with van der Waals surface area (Å²) in [5.41, 5.74) is 9.18. The maximum Gasteiger partial charge on any atom is 0.339 e. The third kappa shape index (κ3) is 3.83. The van der Waals surface area contributed by atoms with E-state index in [1.807, 2.05) is 0 Å². The topological polar surface area (TPSA) is 75.1 Å². The molecule has 6 heteroatoms. The molecule has 17 heavy (non-hydrogen) atoms. The van der Waals surface area contributed by atoms with Crippen molar-refractivity contribution in [2.24, 2.45) is 5.11 Å². The van der Waals surface area contributed by atoms with Crippen LogP contribution in [-0.4, -0.2) is 19.6 Å². The van der Waals surface area contributed by atoms with Crippen molar-refractivity contribution in [3.63, 3.8) is 0 Å². The third-order valence-electron chi connectivity index (χ3n) is 1.96. The Kier molecular flexibility index (Phi) is 5.07. The van der Waals surface area contributed by atoms with Crippen molar-refractivity contribution >= 4 is 23.6 Å². The quantitative estimate of drug-likeness (QED) is 0.356. The molecule has 1 rings (SSSR count). The molecule has 0 N–H and O–H groups in total. The highest BCUT2D eigenvalue weighted by Crippen LogP contribution is 2.19. The van der Waals surface area contributed by atoms with E-state index >= 15 is 0 Å². The Bertz CT molecular complexity index is 493. The highest BCUT2D eigenvalue weighted by Gasteiger charge is 2.10. The Balaban J connectivity index is 2.92. The Hall–Kier alpha value is -1.97. The van der Waals surface area contributed by atoms with Gasteiger partial charge in [0.15, 0.2) is 0 Å². The second-order valence-corrected chi connectivity index (χ2v) is 3.45. The average molecular weight is 252 g/mol. The van der Waals surface area contributed by atoms with E-state index in [-0.39, 0.29) is 6.54 Å². The van der Waals surface area contributed by atoms with E-state index in [4.69, 9.17) is 17.1 Å². The molecule has 5 nitrogen and oxygen atoms in total. The minimum Gasteiger partial charge on any atom is -0.465 e. The Morgan fingerprint density at radius 1 is 1.65 bits per heavy atom. The van der Waals surface area contributed by atoms with Gasteiger partial charge < -0.3 is 4.74 Å². The van der Waals surface area contributed by atoms with Gasteiger partial charge in [0.1, 0.15) is 0 Å². The van der Waals surface area contributed by atoms with Gasteiger partial charge in [-0.05, 0) is 23.2 Å². The smallest absolute Gasteiger partial charge is 0.339 e. The number of carbonyl (C=O) groups is 1. The van der Waals surface area contributed by atoms with E-state index in [1.54, 1.807) is 30.4 Å². The van der Waals surface area contributed by atoms with E-state index in [1.165, 1.54) is 7.11 Å². The molecule has 0 spiro atoms. The highest BCUT2D eigenvalue weighted by molar-refractivity contribution is 6.33. The minimum atomic E-state index is -0.486. The van der Waals surface area contributed by atoms with Crippen molar-refractivity contribution in [2.75, 3.05) is 13.7 Å². The van der Waals surface area contributed by atoms with Crippen LogP contribution in [0.5, 0.6) is 0 Å². The summed E-state index contributed by atoms with van der Waals surface area (Å²) >= 11 is 5.86. The predicted molar refractivity (Wildman–Crippen MR) is 65.8 cm³/mol. The number of hydrogen-bond acceptors (Lipinski definition) is 3. The molecule has 88 valence electrons. The fourth-order valence-corrected chi connectivity index (χ4v) is 1.38. The molecule has 0 aliphatic heterocycles. The Morgan fingerprint density at radius 3 is 3.06 bits per heavy atom. The van der Waals surface area contributed by atoms with Gasteiger partial charge in [0.2, 0.25) is 0 Å². The van der Waals surface area contributed by atoms with Crippen molar-refractivity contribution in [3.05, 3.63) is 50.9 Å². The highest BCUT2D eigenvalue weighted by atomic mass is 35.5. The van der Waals surface area contributed by atoms with E-state index in [2.05, 4.69) is 14.8 Å². The predicted octanol–water partition coefficient (Wildman–Crippen LogP) is 3.45. The lowest BCUT2D eigenvalue weighted by atomic mass is 10.1. The van der Waals surface area contributed by atoms with Gasteiger partial charge >= 0.3 is 5.97 Å². The average Bonchev–Trinajstić information content (AvgIpc) is 2.35. The molecule has 0 aliphatic rings. The van der Waals surface area contributed by atoms with Gasteiger partial charge in [-0.2, -0.15) is 0 Å². The maximum absolute atomic E-state index is 11.4. The number of rotatable bonds is 4. The van der Waals surface area contributed by atoms with Crippen LogP contribution in [0, 0.1) is 0 Å². The number of azide groups is 1. The molecule has 1 aromatic carbocycles. The number of benzene rings is 1. The molecule has 0 saturated heterocycles. The van der Waals surface area contributed by atoms with Crippen LogP contribution in [0.1, 0.15) is 15.9 Å². The van der Waals surface area contributed by atoms with Gasteiger partial charge in [0.25, 0.3) is 0 Å². The molecule has 0 saturated carbocycles. The fraction of sp³-hybridized carbons (Fsp3) is 0.182. The molecule has 0 aliphatic carbocycles. The lowest BCUT2D eigenvalue weighted by Gasteiger charge is -2.03. The monoisotopic (exact) mass is 251 g/mol. The van der Waals surface area contributed by atoms with Crippen LogP contribution in [-0.2, 0) is 4.74 Å². The largest absolute Gasteiger partial charge is 0.465 e. The van der Waals surface area contributed by atoms with Crippen LogP contribution < -0.4 is 0 Å². The van der Waals surface area contributed by atoms with E-state index in [9.17, 15) is 4.79 Å². The summed E-state index contributed by atoms with van der Waals surface area (Å²) in [7, 11) is 1.29. The summed E-state index contributed by atoms with van der Waals surface area (Å²) < 4.78 is 4.60. The maximum atomic E-state index is 11.4. The molecule has 0 amide bonds. The number of esters is 1. The lowest BCUT2D eigenvalue weighted by molar-refractivity contribution is 0.0601. The second-order valence-electron chi connectivity index (χ2n) is 3.05. The first kappa shape index (κ1) is 13.1. The first-order valence-corrected chi connectivity index (χ1v) is 5.12. The zero-order valence-corrected chi connectivity index (χ0v) is 9.89. The first-order valence-electron chi connectivity index (χ1n) is 4.74. The molecule has 0 aromatic heterocycles. The number of halogens is 1. The van der Waals surface area contributed by atoms with Crippen molar-refractivity contribution in [1.29, 1.82) is 0 Å². The Labute approximate surface area is 103 Å². The number of nitrogens with zero attached hydrogens (tertiary/aromatic N) is 3. The molecule has 1 aromatic rings. The molecule has 0 heterocycles. The van der Waals surface area contributed by atoms with Gasteiger partial charge in [-0.3, -0.25) is 0 Å². The van der Waals surface area contributed by atoms with Gasteiger partial charge in [0.05, 0.1) is 17.7 Å². The molecular formula is C11H10ClN3O2. The van der Waals surface area contributed by atoms with Crippen LogP contribution in [0.15, 0.2) is 29.4 Å². The summed E-state index contributed by atoms with van der Waals surface area (Å²) in [6, 6.07) is 4.98. The standard InChI is InChI=1S/C11H10ClN3O2/c1-17-11(16)9-7-8(4-5-10(9)12)3-2-6-14-15-13/h2-5,7H,6H2,1H3. The SMILES string of the molecule is COC(=O)c1cc(C=CCN=[N+]=[N-])ccc1Cl. The summed E-state index contributed by atoms with van der Waals surface area (Å²) in [5.74, 6) is -0.486. The van der Waals surface area contributed by atoms with Crippen LogP contribution in [0.3, 0.4) is 0 Å². The molecule has 0 atom stereocenters. The zero-order valence-electron chi connectivity index (χ0n) is 9.13.